The molecule has 0 aromatic rings. The van der Waals surface area contributed by atoms with Crippen LogP contribution in [0.3, 0.4) is 0 Å². The second-order valence-electron chi connectivity index (χ2n) is 2.72. The third-order valence-electron chi connectivity index (χ3n) is 2.21. The molecule has 45 valence electrons. The molecule has 0 aromatic heterocycles. The normalized spacial score (nSPS) is 45.0. The molecule has 1 saturated heterocycles. The van der Waals surface area contributed by atoms with E-state index in [9.17, 15) is 0 Å². The molecule has 0 unspecified atom stereocenters. The molecule has 1 heteroatoms. The Morgan fingerprint density at radius 3 is 3.25 bits per heavy atom. The molecule has 0 aromatic carbocycles. The Bertz CT molecular complexity index is 70.4. The van der Waals surface area contributed by atoms with Crippen LogP contribution in [0.15, 0.2) is 0 Å². The summed E-state index contributed by atoms with van der Waals surface area (Å²) in [5.41, 5.74) is 0. The van der Waals surface area contributed by atoms with Crippen LogP contribution in [-0.2, 0) is 4.74 Å². The summed E-state index contributed by atoms with van der Waals surface area (Å²) in [7, 11) is 0. The fourth-order valence-corrected chi connectivity index (χ4v) is 1.70. The van der Waals surface area contributed by atoms with Gasteiger partial charge in [0.05, 0.1) is 6.10 Å². The molecule has 1 aliphatic heterocycles. The zero-order chi connectivity index (χ0) is 5.40. The molecule has 0 N–H and O–H groups in total. The van der Waals surface area contributed by atoms with Crippen molar-refractivity contribution in [1.82, 2.24) is 0 Å². The van der Waals surface area contributed by atoms with Gasteiger partial charge in [-0.05, 0) is 31.6 Å². The van der Waals surface area contributed by atoms with Gasteiger partial charge in [0.15, 0.2) is 0 Å². The predicted molar refractivity (Wildman–Crippen MR) is 31.4 cm³/mol. The maximum Gasteiger partial charge on any atom is 0.0607 e. The monoisotopic (exact) mass is 111 g/mol. The first-order chi connectivity index (χ1) is 3.97. The summed E-state index contributed by atoms with van der Waals surface area (Å²) in [5, 5.41) is 0. The van der Waals surface area contributed by atoms with Crippen molar-refractivity contribution in [2.75, 3.05) is 6.61 Å². The van der Waals surface area contributed by atoms with Crippen LogP contribution in [0.4, 0.5) is 0 Å². The summed E-state index contributed by atoms with van der Waals surface area (Å²) in [6, 6.07) is 0. The molecule has 1 radical (unpaired) electrons. The van der Waals surface area contributed by atoms with Crippen molar-refractivity contribution in [3.8, 4) is 0 Å². The molecule has 1 saturated carbocycles. The zero-order valence-corrected chi connectivity index (χ0v) is 4.97. The van der Waals surface area contributed by atoms with Gasteiger partial charge in [0.25, 0.3) is 0 Å². The molecule has 2 fully saturated rings. The lowest BCUT2D eigenvalue weighted by atomic mass is 10.1. The Hall–Kier alpha value is -0.0400. The first-order valence-electron chi connectivity index (χ1n) is 3.40. The number of hydrogen-bond acceptors (Lipinski definition) is 1. The first kappa shape index (κ1) is 4.80. The molecule has 1 heterocycles. The van der Waals surface area contributed by atoms with E-state index in [1.165, 1.54) is 19.3 Å². The van der Waals surface area contributed by atoms with Crippen LogP contribution in [-0.4, -0.2) is 12.7 Å². The highest BCUT2D eigenvalue weighted by Crippen LogP contribution is 2.34. The molecule has 2 aliphatic rings. The molecule has 1 nitrogen and oxygen atoms in total. The SMILES string of the molecule is [CH]1C[C@H]2CCO[C@@H]2C1. The molecule has 0 amide bonds. The standard InChI is InChI=1S/C7H11O/c1-2-6-4-5-8-7(6)3-1/h1,6-7H,2-5H2/t6-,7+/m0/s1. The molecular weight excluding hydrogens is 100 g/mol. The van der Waals surface area contributed by atoms with Gasteiger partial charge in [-0.2, -0.15) is 0 Å². The van der Waals surface area contributed by atoms with Crippen LogP contribution in [0.2, 0.25) is 0 Å². The van der Waals surface area contributed by atoms with Crippen LogP contribution in [0.25, 0.3) is 0 Å². The van der Waals surface area contributed by atoms with Crippen LogP contribution in [0.5, 0.6) is 0 Å². The van der Waals surface area contributed by atoms with Crippen LogP contribution in [0.1, 0.15) is 19.3 Å². The van der Waals surface area contributed by atoms with Crippen molar-refractivity contribution in [1.29, 1.82) is 0 Å². The van der Waals surface area contributed by atoms with Crippen LogP contribution < -0.4 is 0 Å². The highest BCUT2D eigenvalue weighted by atomic mass is 16.5. The fraction of sp³-hybridized carbons (Fsp3) is 0.857. The van der Waals surface area contributed by atoms with Crippen LogP contribution in [0, 0.1) is 12.3 Å². The minimum absolute atomic E-state index is 0.620. The summed E-state index contributed by atoms with van der Waals surface area (Å²) >= 11 is 0. The van der Waals surface area contributed by atoms with Crippen molar-refractivity contribution in [3.05, 3.63) is 6.42 Å². The predicted octanol–water partition coefficient (Wildman–Crippen LogP) is 1.39. The summed E-state index contributed by atoms with van der Waals surface area (Å²) in [4.78, 5) is 0. The van der Waals surface area contributed by atoms with Crippen molar-refractivity contribution < 1.29 is 4.74 Å². The second-order valence-corrected chi connectivity index (χ2v) is 2.72. The van der Waals surface area contributed by atoms with E-state index in [0.29, 0.717) is 6.10 Å². The number of hydrogen-bond donors (Lipinski definition) is 0. The Labute approximate surface area is 50.0 Å². The largest absolute Gasteiger partial charge is 0.378 e. The van der Waals surface area contributed by atoms with E-state index in [2.05, 4.69) is 6.42 Å². The van der Waals surface area contributed by atoms with Gasteiger partial charge < -0.3 is 4.74 Å². The van der Waals surface area contributed by atoms with Crippen molar-refractivity contribution in [2.45, 2.75) is 25.4 Å². The molecular formula is C7H11O. The lowest BCUT2D eigenvalue weighted by Crippen LogP contribution is -2.06. The maximum atomic E-state index is 5.45. The van der Waals surface area contributed by atoms with E-state index >= 15 is 0 Å². The van der Waals surface area contributed by atoms with Crippen LogP contribution >= 0.6 is 0 Å². The molecule has 0 spiro atoms. The Balaban J connectivity index is 2.04. The van der Waals surface area contributed by atoms with Gasteiger partial charge in [-0.25, -0.2) is 0 Å². The van der Waals surface area contributed by atoms with Crippen molar-refractivity contribution >= 4 is 0 Å². The van der Waals surface area contributed by atoms with E-state index in [1.54, 1.807) is 0 Å². The Morgan fingerprint density at radius 1 is 1.38 bits per heavy atom. The van der Waals surface area contributed by atoms with Gasteiger partial charge in [0.1, 0.15) is 0 Å². The summed E-state index contributed by atoms with van der Waals surface area (Å²) in [5.74, 6) is 0.898. The van der Waals surface area contributed by atoms with Gasteiger partial charge in [0, 0.05) is 6.61 Å². The lowest BCUT2D eigenvalue weighted by molar-refractivity contribution is 0.105. The van der Waals surface area contributed by atoms with E-state index in [-0.39, 0.29) is 0 Å². The topological polar surface area (TPSA) is 9.23 Å². The molecule has 8 heavy (non-hydrogen) atoms. The van der Waals surface area contributed by atoms with Gasteiger partial charge in [-0.3, -0.25) is 0 Å². The highest BCUT2D eigenvalue weighted by Gasteiger charge is 2.32. The zero-order valence-electron chi connectivity index (χ0n) is 4.97. The van der Waals surface area contributed by atoms with Gasteiger partial charge in [0.2, 0.25) is 0 Å². The van der Waals surface area contributed by atoms with Crippen molar-refractivity contribution in [3.63, 3.8) is 0 Å². The van der Waals surface area contributed by atoms with Gasteiger partial charge in [-0.15, -0.1) is 0 Å². The average molecular weight is 111 g/mol. The second kappa shape index (κ2) is 1.73. The number of ether oxygens (including phenoxy) is 1. The average Bonchev–Trinajstić information content (AvgIpc) is 2.15. The van der Waals surface area contributed by atoms with Gasteiger partial charge in [-0.1, -0.05) is 0 Å². The van der Waals surface area contributed by atoms with Gasteiger partial charge >= 0.3 is 0 Å². The molecule has 2 rings (SSSR count). The quantitative estimate of drug-likeness (QED) is 0.459. The Kier molecular flexibility index (Phi) is 1.04. The minimum Gasteiger partial charge on any atom is -0.378 e. The minimum atomic E-state index is 0.620. The summed E-state index contributed by atoms with van der Waals surface area (Å²) < 4.78 is 5.45. The van der Waals surface area contributed by atoms with E-state index in [0.717, 1.165) is 12.5 Å². The Morgan fingerprint density at radius 2 is 2.38 bits per heavy atom. The highest BCUT2D eigenvalue weighted by molar-refractivity contribution is 4.91. The first-order valence-corrected chi connectivity index (χ1v) is 3.40. The lowest BCUT2D eigenvalue weighted by Gasteiger charge is -2.04. The van der Waals surface area contributed by atoms with Crippen molar-refractivity contribution in [2.24, 2.45) is 5.92 Å². The van der Waals surface area contributed by atoms with E-state index < -0.39 is 0 Å². The third kappa shape index (κ3) is 0.576. The number of fused-ring (bicyclic) bond motifs is 1. The smallest absolute Gasteiger partial charge is 0.0607 e. The fourth-order valence-electron chi connectivity index (χ4n) is 1.70. The van der Waals surface area contributed by atoms with E-state index in [1.807, 2.05) is 0 Å². The molecule has 1 aliphatic carbocycles. The summed E-state index contributed by atoms with van der Waals surface area (Å²) in [6.45, 7) is 1.02. The molecule has 2 atom stereocenters. The number of rotatable bonds is 0. The summed E-state index contributed by atoms with van der Waals surface area (Å²) in [6.07, 6.45) is 6.81. The maximum absolute atomic E-state index is 5.45. The van der Waals surface area contributed by atoms with E-state index in [4.69, 9.17) is 4.74 Å². The molecule has 0 bridgehead atoms. The third-order valence-corrected chi connectivity index (χ3v) is 2.21.